The lowest BCUT2D eigenvalue weighted by atomic mass is 10.0. The van der Waals surface area contributed by atoms with E-state index >= 15 is 0 Å². The van der Waals surface area contributed by atoms with Crippen molar-refractivity contribution in [3.63, 3.8) is 0 Å². The van der Waals surface area contributed by atoms with Crippen molar-refractivity contribution in [3.8, 4) is 0 Å². The van der Waals surface area contributed by atoms with Gasteiger partial charge < -0.3 is 10.1 Å². The molecule has 1 fully saturated rings. The van der Waals surface area contributed by atoms with Gasteiger partial charge >= 0.3 is 5.97 Å². The number of rotatable bonds is 5. The van der Waals surface area contributed by atoms with E-state index in [9.17, 15) is 9.59 Å². The van der Waals surface area contributed by atoms with Crippen LogP contribution in [-0.2, 0) is 4.74 Å². The molecule has 0 unspecified atom stereocenters. The number of carbonyl (C=O) groups excluding carboxylic acids is 2. The molecule has 0 radical (unpaired) electrons. The van der Waals surface area contributed by atoms with Crippen LogP contribution in [0.25, 0.3) is 0 Å². The summed E-state index contributed by atoms with van der Waals surface area (Å²) in [7, 11) is 0. The number of esters is 1. The number of ether oxygens (including phenoxy) is 1. The van der Waals surface area contributed by atoms with Gasteiger partial charge in [-0.3, -0.25) is 4.79 Å². The summed E-state index contributed by atoms with van der Waals surface area (Å²) in [6.45, 7) is 6.02. The fourth-order valence-corrected chi connectivity index (χ4v) is 3.84. The molecule has 3 rings (SSSR count). The molecule has 0 spiro atoms. The van der Waals surface area contributed by atoms with Gasteiger partial charge in [0.05, 0.1) is 12.2 Å². The summed E-state index contributed by atoms with van der Waals surface area (Å²) in [5.74, 6) is -0.119. The predicted octanol–water partition coefficient (Wildman–Crippen LogP) is 4.67. The standard InChI is InChI=1S/C19H21NO3S/c1-4-23-19(22)16-15(13-6-7-13)10-24-18(16)20-17(21)14-8-5-11(2)9-12(14)3/h5,8-10,13H,4,6-7H2,1-3H3,(H,20,21). The smallest absolute Gasteiger partial charge is 0.341 e. The van der Waals surface area contributed by atoms with Crippen LogP contribution < -0.4 is 5.32 Å². The summed E-state index contributed by atoms with van der Waals surface area (Å²) in [4.78, 5) is 25.0. The second-order valence-corrected chi connectivity index (χ2v) is 7.04. The molecule has 0 aliphatic heterocycles. The molecule has 24 heavy (non-hydrogen) atoms. The number of thiophene rings is 1. The molecule has 1 N–H and O–H groups in total. The van der Waals surface area contributed by atoms with Gasteiger partial charge in [-0.05, 0) is 62.1 Å². The number of hydrogen-bond acceptors (Lipinski definition) is 4. The SMILES string of the molecule is CCOC(=O)c1c(C2CC2)csc1NC(=O)c1ccc(C)cc1C. The summed E-state index contributed by atoms with van der Waals surface area (Å²) >= 11 is 1.40. The van der Waals surface area contributed by atoms with Gasteiger partial charge in [-0.15, -0.1) is 11.3 Å². The minimum Gasteiger partial charge on any atom is -0.462 e. The normalized spacial score (nSPS) is 13.6. The molecule has 126 valence electrons. The Balaban J connectivity index is 1.89. The largest absolute Gasteiger partial charge is 0.462 e. The number of hydrogen-bond donors (Lipinski definition) is 1. The number of carbonyl (C=O) groups is 2. The van der Waals surface area contributed by atoms with E-state index in [0.29, 0.717) is 28.7 Å². The average Bonchev–Trinajstić information content (AvgIpc) is 3.28. The number of benzene rings is 1. The van der Waals surface area contributed by atoms with Crippen LogP contribution in [0.5, 0.6) is 0 Å². The zero-order valence-corrected chi connectivity index (χ0v) is 15.0. The predicted molar refractivity (Wildman–Crippen MR) is 96.1 cm³/mol. The number of nitrogens with one attached hydrogen (secondary N) is 1. The topological polar surface area (TPSA) is 55.4 Å². The Morgan fingerprint density at radius 3 is 2.67 bits per heavy atom. The maximum absolute atomic E-state index is 12.6. The highest BCUT2D eigenvalue weighted by Gasteiger charge is 2.32. The molecule has 2 aromatic rings. The van der Waals surface area contributed by atoms with Gasteiger partial charge in [0, 0.05) is 5.56 Å². The lowest BCUT2D eigenvalue weighted by Crippen LogP contribution is -2.16. The zero-order chi connectivity index (χ0) is 17.3. The third kappa shape index (κ3) is 3.36. The quantitative estimate of drug-likeness (QED) is 0.803. The monoisotopic (exact) mass is 343 g/mol. The van der Waals surface area contributed by atoms with Crippen LogP contribution in [0, 0.1) is 13.8 Å². The number of aryl methyl sites for hydroxylation is 2. The Kier molecular flexibility index (Phi) is 4.71. The van der Waals surface area contributed by atoms with E-state index in [2.05, 4.69) is 5.32 Å². The third-order valence-corrected chi connectivity index (χ3v) is 5.08. The first-order valence-corrected chi connectivity index (χ1v) is 9.06. The maximum Gasteiger partial charge on any atom is 0.341 e. The van der Waals surface area contributed by atoms with E-state index in [-0.39, 0.29) is 11.9 Å². The van der Waals surface area contributed by atoms with Gasteiger partial charge in [0.1, 0.15) is 5.00 Å². The summed E-state index contributed by atoms with van der Waals surface area (Å²) in [5, 5.41) is 5.47. The molecule has 1 saturated carbocycles. The van der Waals surface area contributed by atoms with Gasteiger partial charge in [-0.1, -0.05) is 17.7 Å². The van der Waals surface area contributed by atoms with Gasteiger partial charge in [-0.25, -0.2) is 4.79 Å². The van der Waals surface area contributed by atoms with Crippen LogP contribution in [0.4, 0.5) is 5.00 Å². The van der Waals surface area contributed by atoms with Crippen molar-refractivity contribution in [1.82, 2.24) is 0 Å². The Morgan fingerprint density at radius 1 is 1.29 bits per heavy atom. The van der Waals surface area contributed by atoms with E-state index in [0.717, 1.165) is 29.5 Å². The Morgan fingerprint density at radius 2 is 2.04 bits per heavy atom. The summed E-state index contributed by atoms with van der Waals surface area (Å²) in [6, 6.07) is 5.71. The van der Waals surface area contributed by atoms with Crippen molar-refractivity contribution >= 4 is 28.2 Å². The lowest BCUT2D eigenvalue weighted by molar-refractivity contribution is 0.0527. The second-order valence-electron chi connectivity index (χ2n) is 6.16. The summed E-state index contributed by atoms with van der Waals surface area (Å²) in [6.07, 6.45) is 2.18. The van der Waals surface area contributed by atoms with Crippen molar-refractivity contribution in [2.45, 2.75) is 39.5 Å². The van der Waals surface area contributed by atoms with E-state index in [1.807, 2.05) is 37.4 Å². The first kappa shape index (κ1) is 16.7. The molecular formula is C19H21NO3S. The van der Waals surface area contributed by atoms with Crippen molar-refractivity contribution in [2.24, 2.45) is 0 Å². The summed E-state index contributed by atoms with van der Waals surface area (Å²) in [5.41, 5.74) is 4.20. The highest BCUT2D eigenvalue weighted by Crippen LogP contribution is 2.46. The van der Waals surface area contributed by atoms with Crippen molar-refractivity contribution < 1.29 is 14.3 Å². The molecule has 1 aliphatic carbocycles. The van der Waals surface area contributed by atoms with Gasteiger partial charge in [-0.2, -0.15) is 0 Å². The molecule has 0 saturated heterocycles. The van der Waals surface area contributed by atoms with Crippen molar-refractivity contribution in [1.29, 1.82) is 0 Å². The molecule has 1 aromatic heterocycles. The van der Waals surface area contributed by atoms with Gasteiger partial charge in [0.25, 0.3) is 5.91 Å². The Hall–Kier alpha value is -2.14. The zero-order valence-electron chi connectivity index (χ0n) is 14.1. The molecule has 1 aliphatic rings. The maximum atomic E-state index is 12.6. The van der Waals surface area contributed by atoms with E-state index in [1.54, 1.807) is 6.92 Å². The molecule has 1 aromatic carbocycles. The number of amides is 1. The van der Waals surface area contributed by atoms with Crippen LogP contribution >= 0.6 is 11.3 Å². The first-order valence-electron chi connectivity index (χ1n) is 8.18. The molecule has 4 nitrogen and oxygen atoms in total. The molecule has 0 atom stereocenters. The van der Waals surface area contributed by atoms with E-state index in [4.69, 9.17) is 4.74 Å². The lowest BCUT2D eigenvalue weighted by Gasteiger charge is -2.10. The average molecular weight is 343 g/mol. The van der Waals surface area contributed by atoms with Crippen LogP contribution in [0.2, 0.25) is 0 Å². The minimum absolute atomic E-state index is 0.192. The van der Waals surface area contributed by atoms with Crippen LogP contribution in [0.15, 0.2) is 23.6 Å². The van der Waals surface area contributed by atoms with Gasteiger partial charge in [0.15, 0.2) is 0 Å². The fourth-order valence-electron chi connectivity index (χ4n) is 2.81. The highest BCUT2D eigenvalue weighted by molar-refractivity contribution is 7.15. The third-order valence-electron chi connectivity index (χ3n) is 4.17. The van der Waals surface area contributed by atoms with E-state index < -0.39 is 0 Å². The first-order chi connectivity index (χ1) is 11.5. The molecule has 1 heterocycles. The number of anilines is 1. The van der Waals surface area contributed by atoms with E-state index in [1.165, 1.54) is 11.3 Å². The molecule has 0 bridgehead atoms. The van der Waals surface area contributed by atoms with Gasteiger partial charge in [0.2, 0.25) is 0 Å². The Labute approximate surface area is 145 Å². The summed E-state index contributed by atoms with van der Waals surface area (Å²) < 4.78 is 5.19. The minimum atomic E-state index is -0.350. The highest BCUT2D eigenvalue weighted by atomic mass is 32.1. The molecule has 1 amide bonds. The van der Waals surface area contributed by atoms with Crippen LogP contribution in [0.3, 0.4) is 0 Å². The molecular weight excluding hydrogens is 322 g/mol. The van der Waals surface area contributed by atoms with Crippen molar-refractivity contribution in [2.75, 3.05) is 11.9 Å². The van der Waals surface area contributed by atoms with Crippen LogP contribution in [-0.4, -0.2) is 18.5 Å². The Bertz CT molecular complexity index is 790. The van der Waals surface area contributed by atoms with Crippen molar-refractivity contribution in [3.05, 3.63) is 51.4 Å². The molecule has 5 heteroatoms. The fraction of sp³-hybridized carbons (Fsp3) is 0.368. The van der Waals surface area contributed by atoms with Crippen LogP contribution in [0.1, 0.15) is 63.1 Å². The second kappa shape index (κ2) is 6.77.